The number of likely N-dealkylation sites (tertiary alicyclic amines) is 1. The fraction of sp³-hybridized carbons (Fsp3) is 0.619. The second-order valence-electron chi connectivity index (χ2n) is 7.85. The average Bonchev–Trinajstić information content (AvgIpc) is 2.68. The number of nitrogens with two attached hydrogens (primary N) is 1. The number of ether oxygens (including phenoxy) is 2. The number of esters is 1. The topological polar surface area (TPSA) is 93.9 Å². The van der Waals surface area contributed by atoms with Gasteiger partial charge in [-0.3, -0.25) is 14.5 Å². The van der Waals surface area contributed by atoms with Gasteiger partial charge in [0.2, 0.25) is 0 Å². The maximum absolute atomic E-state index is 12.6. The van der Waals surface area contributed by atoms with Gasteiger partial charge < -0.3 is 20.5 Å². The molecule has 1 aromatic rings. The second kappa shape index (κ2) is 11.3. The normalized spacial score (nSPS) is 15.3. The summed E-state index contributed by atoms with van der Waals surface area (Å²) in [5.74, 6) is 0.582. The molecule has 0 saturated carbocycles. The van der Waals surface area contributed by atoms with Crippen LogP contribution in [0.2, 0.25) is 5.02 Å². The van der Waals surface area contributed by atoms with Crippen LogP contribution in [0.3, 0.4) is 0 Å². The Kier molecular flexibility index (Phi) is 9.04. The molecule has 8 heteroatoms. The van der Waals surface area contributed by atoms with Crippen LogP contribution in [-0.4, -0.2) is 56.2 Å². The van der Waals surface area contributed by atoms with E-state index in [0.29, 0.717) is 41.1 Å². The summed E-state index contributed by atoms with van der Waals surface area (Å²) in [4.78, 5) is 26.7. The van der Waals surface area contributed by atoms with Crippen molar-refractivity contribution < 1.29 is 19.1 Å². The molecule has 0 radical (unpaired) electrons. The fourth-order valence-electron chi connectivity index (χ4n) is 3.32. The first-order valence-corrected chi connectivity index (χ1v) is 10.5. The molecule has 29 heavy (non-hydrogen) atoms. The van der Waals surface area contributed by atoms with Crippen molar-refractivity contribution in [1.82, 2.24) is 10.2 Å². The van der Waals surface area contributed by atoms with Crippen molar-refractivity contribution in [2.75, 3.05) is 39.1 Å². The first-order valence-electron chi connectivity index (χ1n) is 10.1. The van der Waals surface area contributed by atoms with E-state index in [1.54, 1.807) is 6.07 Å². The summed E-state index contributed by atoms with van der Waals surface area (Å²) in [6, 6.07) is 3.10. The van der Waals surface area contributed by atoms with Gasteiger partial charge in [0, 0.05) is 25.2 Å². The molecule has 1 fully saturated rings. The van der Waals surface area contributed by atoms with Crippen LogP contribution >= 0.6 is 11.6 Å². The van der Waals surface area contributed by atoms with E-state index < -0.39 is 0 Å². The van der Waals surface area contributed by atoms with E-state index in [4.69, 9.17) is 26.8 Å². The summed E-state index contributed by atoms with van der Waals surface area (Å²) in [5, 5.41) is 3.34. The van der Waals surface area contributed by atoms with Crippen molar-refractivity contribution in [3.63, 3.8) is 0 Å². The van der Waals surface area contributed by atoms with E-state index in [1.807, 2.05) is 0 Å². The zero-order valence-electron chi connectivity index (χ0n) is 17.5. The standard InChI is InChI=1S/C21H32ClN3O4/c1-14(2)5-4-10-29-20(26)13-25-8-6-15(7-9-25)24-21(27)16-11-17(22)18(23)12-19(16)28-3/h11-12,14-15H,4-10,13,23H2,1-3H3,(H,24,27). The van der Waals surface area contributed by atoms with E-state index in [1.165, 1.54) is 13.2 Å². The Bertz CT molecular complexity index is 703. The van der Waals surface area contributed by atoms with Crippen LogP contribution in [0.1, 0.15) is 49.9 Å². The lowest BCUT2D eigenvalue weighted by Crippen LogP contribution is -2.46. The van der Waals surface area contributed by atoms with E-state index in [-0.39, 0.29) is 17.9 Å². The minimum Gasteiger partial charge on any atom is -0.496 e. The lowest BCUT2D eigenvalue weighted by Gasteiger charge is -2.31. The number of hydrogen-bond acceptors (Lipinski definition) is 6. The highest BCUT2D eigenvalue weighted by Crippen LogP contribution is 2.29. The molecule has 1 aromatic carbocycles. The van der Waals surface area contributed by atoms with Crippen LogP contribution in [0, 0.1) is 5.92 Å². The van der Waals surface area contributed by atoms with Crippen LogP contribution in [-0.2, 0) is 9.53 Å². The van der Waals surface area contributed by atoms with E-state index in [0.717, 1.165) is 38.8 Å². The molecule has 162 valence electrons. The molecule has 1 aliphatic rings. The number of nitrogens with zero attached hydrogens (tertiary/aromatic N) is 1. The Morgan fingerprint density at radius 2 is 2.00 bits per heavy atom. The number of amides is 1. The minimum absolute atomic E-state index is 0.0295. The van der Waals surface area contributed by atoms with Gasteiger partial charge in [-0.25, -0.2) is 0 Å². The van der Waals surface area contributed by atoms with Crippen LogP contribution < -0.4 is 15.8 Å². The zero-order chi connectivity index (χ0) is 21.4. The molecule has 0 spiro atoms. The van der Waals surface area contributed by atoms with Gasteiger partial charge in [0.15, 0.2) is 0 Å². The number of benzene rings is 1. The number of methoxy groups -OCH3 is 1. The lowest BCUT2D eigenvalue weighted by atomic mass is 10.0. The third-order valence-corrected chi connectivity index (χ3v) is 5.36. The van der Waals surface area contributed by atoms with Crippen molar-refractivity contribution in [2.45, 2.75) is 45.6 Å². The van der Waals surface area contributed by atoms with Gasteiger partial charge in [0.1, 0.15) is 5.75 Å². The maximum Gasteiger partial charge on any atom is 0.320 e. The number of rotatable bonds is 9. The third-order valence-electron chi connectivity index (χ3n) is 5.03. The number of carbonyl (C=O) groups is 2. The molecule has 2 rings (SSSR count). The van der Waals surface area contributed by atoms with Crippen LogP contribution in [0.25, 0.3) is 0 Å². The fourth-order valence-corrected chi connectivity index (χ4v) is 3.48. The van der Waals surface area contributed by atoms with Crippen molar-refractivity contribution in [3.8, 4) is 5.75 Å². The Morgan fingerprint density at radius 3 is 2.62 bits per heavy atom. The molecule has 1 aliphatic heterocycles. The molecule has 3 N–H and O–H groups in total. The van der Waals surface area contributed by atoms with Crippen LogP contribution in [0.15, 0.2) is 12.1 Å². The van der Waals surface area contributed by atoms with Crippen LogP contribution in [0.5, 0.6) is 5.75 Å². The van der Waals surface area contributed by atoms with Crippen molar-refractivity contribution in [3.05, 3.63) is 22.7 Å². The molecule has 0 bridgehead atoms. The monoisotopic (exact) mass is 425 g/mol. The number of nitrogens with one attached hydrogen (secondary N) is 1. The Labute approximate surface area is 177 Å². The molecule has 0 aliphatic carbocycles. The molecule has 0 unspecified atom stereocenters. The SMILES string of the molecule is COc1cc(N)c(Cl)cc1C(=O)NC1CCN(CC(=O)OCCCC(C)C)CC1. The van der Waals surface area contributed by atoms with E-state index in [9.17, 15) is 9.59 Å². The number of anilines is 1. The van der Waals surface area contributed by atoms with E-state index >= 15 is 0 Å². The Hall–Kier alpha value is -1.99. The average molecular weight is 426 g/mol. The first kappa shape index (κ1) is 23.3. The van der Waals surface area contributed by atoms with Gasteiger partial charge in [-0.2, -0.15) is 0 Å². The summed E-state index contributed by atoms with van der Waals surface area (Å²) in [5.41, 5.74) is 6.49. The van der Waals surface area contributed by atoms with Gasteiger partial charge in [0.05, 0.1) is 36.5 Å². The first-order chi connectivity index (χ1) is 13.8. The number of nitrogen functional groups attached to an aromatic ring is 1. The van der Waals surface area contributed by atoms with E-state index in [2.05, 4.69) is 24.1 Å². The quantitative estimate of drug-likeness (QED) is 0.358. The van der Waals surface area contributed by atoms with Gasteiger partial charge in [0.25, 0.3) is 5.91 Å². The van der Waals surface area contributed by atoms with Crippen molar-refractivity contribution >= 4 is 29.2 Å². The smallest absolute Gasteiger partial charge is 0.320 e. The molecular formula is C21H32ClN3O4. The molecule has 0 atom stereocenters. The summed E-state index contributed by atoms with van der Waals surface area (Å²) < 4.78 is 10.6. The summed E-state index contributed by atoms with van der Waals surface area (Å²) in [6.45, 7) is 6.54. The maximum atomic E-state index is 12.6. The third kappa shape index (κ3) is 7.40. The van der Waals surface area contributed by atoms with Crippen LogP contribution in [0.4, 0.5) is 5.69 Å². The predicted octanol–water partition coefficient (Wildman–Crippen LogP) is 3.10. The number of piperidine rings is 1. The largest absolute Gasteiger partial charge is 0.496 e. The lowest BCUT2D eigenvalue weighted by molar-refractivity contribution is -0.145. The molecular weight excluding hydrogens is 394 g/mol. The van der Waals surface area contributed by atoms with Gasteiger partial charge in [-0.1, -0.05) is 25.4 Å². The number of halogens is 1. The second-order valence-corrected chi connectivity index (χ2v) is 8.26. The Morgan fingerprint density at radius 1 is 1.31 bits per heavy atom. The van der Waals surface area contributed by atoms with Gasteiger partial charge in [-0.05, 0) is 37.7 Å². The highest BCUT2D eigenvalue weighted by Gasteiger charge is 2.24. The molecule has 1 heterocycles. The van der Waals surface area contributed by atoms with Crippen molar-refractivity contribution in [1.29, 1.82) is 0 Å². The Balaban J connectivity index is 1.76. The highest BCUT2D eigenvalue weighted by molar-refractivity contribution is 6.33. The summed E-state index contributed by atoms with van der Waals surface area (Å²) >= 11 is 6.05. The predicted molar refractivity (Wildman–Crippen MR) is 114 cm³/mol. The minimum atomic E-state index is -0.244. The summed E-state index contributed by atoms with van der Waals surface area (Å²) in [6.07, 6.45) is 3.48. The molecule has 1 amide bonds. The van der Waals surface area contributed by atoms with Crippen molar-refractivity contribution in [2.24, 2.45) is 5.92 Å². The van der Waals surface area contributed by atoms with Gasteiger partial charge >= 0.3 is 5.97 Å². The molecule has 7 nitrogen and oxygen atoms in total. The molecule has 0 aromatic heterocycles. The number of carbonyl (C=O) groups excluding carboxylic acids is 2. The summed E-state index contributed by atoms with van der Waals surface area (Å²) in [7, 11) is 1.49. The number of hydrogen-bond donors (Lipinski definition) is 2. The molecule has 1 saturated heterocycles. The van der Waals surface area contributed by atoms with Gasteiger partial charge in [-0.15, -0.1) is 0 Å². The zero-order valence-corrected chi connectivity index (χ0v) is 18.3. The highest BCUT2D eigenvalue weighted by atomic mass is 35.5.